The van der Waals surface area contributed by atoms with Gasteiger partial charge in [0.1, 0.15) is 0 Å². The van der Waals surface area contributed by atoms with E-state index in [1.54, 1.807) is 0 Å². The van der Waals surface area contributed by atoms with E-state index in [0.29, 0.717) is 0 Å². The number of hydrogen-bond acceptors (Lipinski definition) is 3. The van der Waals surface area contributed by atoms with Crippen molar-refractivity contribution >= 4 is 11.4 Å². The lowest BCUT2D eigenvalue weighted by Gasteiger charge is -2.43. The summed E-state index contributed by atoms with van der Waals surface area (Å²) in [7, 11) is 0. The van der Waals surface area contributed by atoms with E-state index in [1.807, 2.05) is 12.1 Å². The fraction of sp³-hybridized carbons (Fsp3) is 0.571. The molecule has 17 heavy (non-hydrogen) atoms. The van der Waals surface area contributed by atoms with E-state index >= 15 is 0 Å². The predicted octanol–water partition coefficient (Wildman–Crippen LogP) is 2.58. The zero-order valence-corrected chi connectivity index (χ0v) is 11.2. The van der Waals surface area contributed by atoms with Crippen LogP contribution in [0.1, 0.15) is 26.3 Å². The highest BCUT2D eigenvalue weighted by Gasteiger charge is 2.31. The van der Waals surface area contributed by atoms with Crippen LogP contribution in [0.3, 0.4) is 0 Å². The van der Waals surface area contributed by atoms with Crippen molar-refractivity contribution in [3.8, 4) is 0 Å². The number of nitrogen functional groups attached to an aromatic ring is 1. The molecule has 0 saturated carbocycles. The number of rotatable bonds is 1. The van der Waals surface area contributed by atoms with Crippen molar-refractivity contribution in [2.24, 2.45) is 0 Å². The first-order chi connectivity index (χ1) is 7.87. The van der Waals surface area contributed by atoms with Crippen molar-refractivity contribution in [2.75, 3.05) is 23.7 Å². The van der Waals surface area contributed by atoms with Gasteiger partial charge in [0.2, 0.25) is 0 Å². The average molecular weight is 234 g/mol. The molecule has 0 aromatic heterocycles. The number of anilines is 2. The van der Waals surface area contributed by atoms with Crippen molar-refractivity contribution in [3.63, 3.8) is 0 Å². The van der Waals surface area contributed by atoms with Crippen LogP contribution in [0.5, 0.6) is 0 Å². The Balaban J connectivity index is 2.30. The van der Waals surface area contributed by atoms with E-state index < -0.39 is 0 Å². The Morgan fingerprint density at radius 2 is 2.12 bits per heavy atom. The van der Waals surface area contributed by atoms with Crippen molar-refractivity contribution < 1.29 is 4.74 Å². The quantitative estimate of drug-likeness (QED) is 0.759. The van der Waals surface area contributed by atoms with Gasteiger partial charge in [-0.3, -0.25) is 0 Å². The Bertz CT molecular complexity index is 415. The smallest absolute Gasteiger partial charge is 0.0805 e. The van der Waals surface area contributed by atoms with Crippen LogP contribution in [0.2, 0.25) is 0 Å². The standard InChI is InChI=1S/C14H22N2O/c1-10-5-6-12(15)13(7-10)16-8-11(2)17-14(3,4)9-16/h5-7,11H,8-9,15H2,1-4H3. The van der Waals surface area contributed by atoms with Gasteiger partial charge >= 0.3 is 0 Å². The van der Waals surface area contributed by atoms with Gasteiger partial charge in [-0.25, -0.2) is 0 Å². The molecule has 1 unspecified atom stereocenters. The van der Waals surface area contributed by atoms with E-state index in [9.17, 15) is 0 Å². The Morgan fingerprint density at radius 3 is 2.76 bits per heavy atom. The molecule has 0 bridgehead atoms. The highest BCUT2D eigenvalue weighted by atomic mass is 16.5. The number of nitrogens with zero attached hydrogens (tertiary/aromatic N) is 1. The number of ether oxygens (including phenoxy) is 1. The third kappa shape index (κ3) is 2.72. The summed E-state index contributed by atoms with van der Waals surface area (Å²) in [5, 5.41) is 0. The second kappa shape index (κ2) is 4.22. The minimum atomic E-state index is -0.117. The fourth-order valence-electron chi connectivity index (χ4n) is 2.56. The maximum absolute atomic E-state index is 6.07. The van der Waals surface area contributed by atoms with E-state index in [2.05, 4.69) is 38.7 Å². The second-order valence-corrected chi connectivity index (χ2v) is 5.63. The lowest BCUT2D eigenvalue weighted by molar-refractivity contribution is -0.0749. The molecule has 0 amide bonds. The Hall–Kier alpha value is -1.22. The number of benzene rings is 1. The van der Waals surface area contributed by atoms with Crippen LogP contribution in [0.15, 0.2) is 18.2 Å². The summed E-state index contributed by atoms with van der Waals surface area (Å²) in [4.78, 5) is 2.33. The Kier molecular flexibility index (Phi) is 3.04. The molecular weight excluding hydrogens is 212 g/mol. The molecule has 0 radical (unpaired) electrons. The van der Waals surface area contributed by atoms with Crippen molar-refractivity contribution in [1.82, 2.24) is 0 Å². The molecule has 1 saturated heterocycles. The van der Waals surface area contributed by atoms with Gasteiger partial charge in [-0.15, -0.1) is 0 Å². The molecule has 0 spiro atoms. The first kappa shape index (κ1) is 12.2. The Labute approximate surface area is 104 Å². The third-order valence-electron chi connectivity index (χ3n) is 3.10. The van der Waals surface area contributed by atoms with Crippen LogP contribution in [0, 0.1) is 6.92 Å². The topological polar surface area (TPSA) is 38.5 Å². The van der Waals surface area contributed by atoms with Crippen LogP contribution in [-0.4, -0.2) is 24.8 Å². The first-order valence-electron chi connectivity index (χ1n) is 6.16. The highest BCUT2D eigenvalue weighted by Crippen LogP contribution is 2.30. The lowest BCUT2D eigenvalue weighted by Crippen LogP contribution is -2.52. The number of morpholine rings is 1. The van der Waals surface area contributed by atoms with E-state index in [1.165, 1.54) is 5.56 Å². The van der Waals surface area contributed by atoms with Gasteiger partial charge in [0, 0.05) is 13.1 Å². The second-order valence-electron chi connectivity index (χ2n) is 5.63. The summed E-state index contributed by atoms with van der Waals surface area (Å²) in [5.74, 6) is 0. The van der Waals surface area contributed by atoms with E-state index in [-0.39, 0.29) is 11.7 Å². The summed E-state index contributed by atoms with van der Waals surface area (Å²) < 4.78 is 5.91. The average Bonchev–Trinajstić information content (AvgIpc) is 2.18. The molecule has 2 rings (SSSR count). The van der Waals surface area contributed by atoms with Crippen molar-refractivity contribution in [1.29, 1.82) is 0 Å². The summed E-state index contributed by atoms with van der Waals surface area (Å²) >= 11 is 0. The molecule has 94 valence electrons. The number of nitrogens with two attached hydrogens (primary N) is 1. The molecule has 3 nitrogen and oxygen atoms in total. The highest BCUT2D eigenvalue weighted by molar-refractivity contribution is 5.68. The van der Waals surface area contributed by atoms with Crippen LogP contribution >= 0.6 is 0 Å². The molecule has 1 heterocycles. The summed E-state index contributed by atoms with van der Waals surface area (Å²) in [6, 6.07) is 6.19. The summed E-state index contributed by atoms with van der Waals surface area (Å²) in [5.41, 5.74) is 9.18. The maximum Gasteiger partial charge on any atom is 0.0805 e. The summed E-state index contributed by atoms with van der Waals surface area (Å²) in [6.07, 6.45) is 0.235. The van der Waals surface area contributed by atoms with Gasteiger partial charge in [0.25, 0.3) is 0 Å². The van der Waals surface area contributed by atoms with Gasteiger partial charge < -0.3 is 15.4 Å². The zero-order chi connectivity index (χ0) is 12.6. The largest absolute Gasteiger partial charge is 0.397 e. The number of aryl methyl sites for hydroxylation is 1. The van der Waals surface area contributed by atoms with Gasteiger partial charge in [0.15, 0.2) is 0 Å². The van der Waals surface area contributed by atoms with Crippen molar-refractivity contribution in [2.45, 2.75) is 39.4 Å². The fourth-order valence-corrected chi connectivity index (χ4v) is 2.56. The molecular formula is C14H22N2O. The molecule has 2 N–H and O–H groups in total. The third-order valence-corrected chi connectivity index (χ3v) is 3.10. The normalized spacial score (nSPS) is 23.8. The van der Waals surface area contributed by atoms with Crippen LogP contribution in [-0.2, 0) is 4.74 Å². The van der Waals surface area contributed by atoms with Gasteiger partial charge in [0.05, 0.1) is 23.1 Å². The van der Waals surface area contributed by atoms with Crippen molar-refractivity contribution in [3.05, 3.63) is 23.8 Å². The molecule has 1 aliphatic heterocycles. The lowest BCUT2D eigenvalue weighted by atomic mass is 10.0. The molecule has 1 atom stereocenters. The van der Waals surface area contributed by atoms with E-state index in [0.717, 1.165) is 24.5 Å². The molecule has 1 aliphatic rings. The zero-order valence-electron chi connectivity index (χ0n) is 11.2. The SMILES string of the molecule is Cc1ccc(N)c(N2CC(C)OC(C)(C)C2)c1. The van der Waals surface area contributed by atoms with Gasteiger partial charge in [-0.05, 0) is 45.4 Å². The van der Waals surface area contributed by atoms with Crippen LogP contribution in [0.4, 0.5) is 11.4 Å². The molecule has 1 aromatic carbocycles. The predicted molar refractivity (Wildman–Crippen MR) is 72.4 cm³/mol. The Morgan fingerprint density at radius 1 is 1.41 bits per heavy atom. The molecule has 1 fully saturated rings. The van der Waals surface area contributed by atoms with Gasteiger partial charge in [-0.2, -0.15) is 0 Å². The van der Waals surface area contributed by atoms with Crippen LogP contribution < -0.4 is 10.6 Å². The van der Waals surface area contributed by atoms with Gasteiger partial charge in [-0.1, -0.05) is 6.07 Å². The molecule has 0 aliphatic carbocycles. The monoisotopic (exact) mass is 234 g/mol. The minimum Gasteiger partial charge on any atom is -0.397 e. The summed E-state index contributed by atoms with van der Waals surface area (Å²) in [6.45, 7) is 10.2. The molecule has 3 heteroatoms. The van der Waals surface area contributed by atoms with E-state index in [4.69, 9.17) is 10.5 Å². The minimum absolute atomic E-state index is 0.117. The maximum atomic E-state index is 6.07. The number of hydrogen-bond donors (Lipinski definition) is 1. The van der Waals surface area contributed by atoms with Crippen LogP contribution in [0.25, 0.3) is 0 Å². The first-order valence-corrected chi connectivity index (χ1v) is 6.16. The molecule has 1 aromatic rings.